The van der Waals surface area contributed by atoms with Gasteiger partial charge in [0.15, 0.2) is 0 Å². The molecule has 1 aromatic heterocycles. The summed E-state index contributed by atoms with van der Waals surface area (Å²) >= 11 is 1.90. The summed E-state index contributed by atoms with van der Waals surface area (Å²) < 4.78 is 0. The summed E-state index contributed by atoms with van der Waals surface area (Å²) in [7, 11) is 0. The third-order valence-corrected chi connectivity index (χ3v) is 5.43. The van der Waals surface area contributed by atoms with Gasteiger partial charge in [0, 0.05) is 4.88 Å². The average molecular weight is 266 g/mol. The van der Waals surface area contributed by atoms with Crippen molar-refractivity contribution in [3.63, 3.8) is 0 Å². The fraction of sp³-hybridized carbons (Fsp3) is 0.800. The van der Waals surface area contributed by atoms with E-state index in [-0.39, 0.29) is 5.54 Å². The number of aromatic nitrogens is 1. The smallest absolute Gasteiger partial charge is 0.113 e. The molecule has 1 saturated carbocycles. The van der Waals surface area contributed by atoms with Crippen LogP contribution in [-0.4, -0.2) is 11.5 Å². The lowest BCUT2D eigenvalue weighted by Crippen LogP contribution is -2.46. The van der Waals surface area contributed by atoms with Gasteiger partial charge in [-0.3, -0.25) is 0 Å². The zero-order valence-corrected chi connectivity index (χ0v) is 13.0. The first-order valence-electron chi connectivity index (χ1n) is 7.27. The van der Waals surface area contributed by atoms with Gasteiger partial charge >= 0.3 is 0 Å². The molecule has 102 valence electrons. The van der Waals surface area contributed by atoms with Crippen LogP contribution in [0.2, 0.25) is 0 Å². The largest absolute Gasteiger partial charge is 0.305 e. The highest BCUT2D eigenvalue weighted by atomic mass is 32.1. The van der Waals surface area contributed by atoms with Crippen LogP contribution in [0.1, 0.15) is 61.5 Å². The number of nitrogens with one attached hydrogen (secondary N) is 1. The van der Waals surface area contributed by atoms with Crippen LogP contribution in [0.15, 0.2) is 0 Å². The van der Waals surface area contributed by atoms with Crippen LogP contribution >= 0.6 is 11.3 Å². The molecular weight excluding hydrogens is 240 g/mol. The lowest BCUT2D eigenvalue weighted by molar-refractivity contribution is 0.187. The molecule has 0 amide bonds. The molecule has 0 spiro atoms. The van der Waals surface area contributed by atoms with Gasteiger partial charge in [0.2, 0.25) is 0 Å². The number of hydrogen-bond donors (Lipinski definition) is 1. The minimum Gasteiger partial charge on any atom is -0.305 e. The molecule has 2 atom stereocenters. The van der Waals surface area contributed by atoms with Crippen molar-refractivity contribution in [3.8, 4) is 0 Å². The third-order valence-electron chi connectivity index (χ3n) is 4.15. The number of nitrogens with zero attached hydrogens (tertiary/aromatic N) is 1. The van der Waals surface area contributed by atoms with Crippen LogP contribution in [0.3, 0.4) is 0 Å². The monoisotopic (exact) mass is 266 g/mol. The standard InChI is InChI=1S/C15H26N2S/c1-5-9-16-15(8-6-7-11(2)10-15)14-17-12(3)13(4)18-14/h11,16H,5-10H2,1-4H3. The van der Waals surface area contributed by atoms with Gasteiger partial charge in [-0.2, -0.15) is 0 Å². The van der Waals surface area contributed by atoms with Gasteiger partial charge < -0.3 is 5.32 Å². The second-order valence-corrected chi connectivity index (χ2v) is 7.07. The van der Waals surface area contributed by atoms with Crippen molar-refractivity contribution in [2.75, 3.05) is 6.54 Å². The normalized spacial score (nSPS) is 28.6. The second-order valence-electron chi connectivity index (χ2n) is 5.87. The van der Waals surface area contributed by atoms with E-state index < -0.39 is 0 Å². The molecule has 1 aromatic rings. The summed E-state index contributed by atoms with van der Waals surface area (Å²) in [6.45, 7) is 10.1. The molecule has 0 radical (unpaired) electrons. The van der Waals surface area contributed by atoms with Crippen LogP contribution in [0.25, 0.3) is 0 Å². The Balaban J connectivity index is 2.28. The van der Waals surface area contributed by atoms with Crippen molar-refractivity contribution in [3.05, 3.63) is 15.6 Å². The van der Waals surface area contributed by atoms with E-state index in [1.165, 1.54) is 47.7 Å². The number of thiazole rings is 1. The van der Waals surface area contributed by atoms with Crippen LogP contribution < -0.4 is 5.32 Å². The van der Waals surface area contributed by atoms with E-state index in [2.05, 4.69) is 33.0 Å². The van der Waals surface area contributed by atoms with Gasteiger partial charge in [-0.1, -0.05) is 26.7 Å². The molecule has 3 heteroatoms. The minimum absolute atomic E-state index is 0.164. The molecule has 1 aliphatic rings. The summed E-state index contributed by atoms with van der Waals surface area (Å²) in [5.74, 6) is 0.813. The molecule has 0 aliphatic heterocycles. The van der Waals surface area contributed by atoms with E-state index in [4.69, 9.17) is 4.98 Å². The van der Waals surface area contributed by atoms with Gasteiger partial charge in [-0.15, -0.1) is 11.3 Å². The Hall–Kier alpha value is -0.410. The molecule has 1 N–H and O–H groups in total. The van der Waals surface area contributed by atoms with E-state index >= 15 is 0 Å². The SMILES string of the molecule is CCCNC1(c2nc(C)c(C)s2)CCCC(C)C1. The summed E-state index contributed by atoms with van der Waals surface area (Å²) in [5.41, 5.74) is 1.38. The van der Waals surface area contributed by atoms with Gasteiger partial charge in [0.25, 0.3) is 0 Å². The minimum atomic E-state index is 0.164. The maximum atomic E-state index is 4.85. The van der Waals surface area contributed by atoms with Crippen LogP contribution in [0, 0.1) is 19.8 Å². The number of hydrogen-bond acceptors (Lipinski definition) is 3. The highest BCUT2D eigenvalue weighted by Crippen LogP contribution is 2.41. The Morgan fingerprint density at radius 1 is 1.44 bits per heavy atom. The van der Waals surface area contributed by atoms with Crippen molar-refractivity contribution in [2.45, 2.75) is 65.3 Å². The van der Waals surface area contributed by atoms with E-state index in [0.29, 0.717) is 0 Å². The fourth-order valence-electron chi connectivity index (χ4n) is 3.02. The number of aryl methyl sites for hydroxylation is 2. The predicted octanol–water partition coefficient (Wildman–Crippen LogP) is 4.16. The van der Waals surface area contributed by atoms with Gasteiger partial charge in [-0.05, 0) is 45.6 Å². The Labute approximate surface area is 115 Å². The predicted molar refractivity (Wildman–Crippen MR) is 79.2 cm³/mol. The van der Waals surface area contributed by atoms with Crippen molar-refractivity contribution < 1.29 is 0 Å². The van der Waals surface area contributed by atoms with Crippen LogP contribution in [0.4, 0.5) is 0 Å². The van der Waals surface area contributed by atoms with Crippen molar-refractivity contribution in [2.24, 2.45) is 5.92 Å². The summed E-state index contributed by atoms with van der Waals surface area (Å²) in [5, 5.41) is 5.15. The fourth-order valence-corrected chi connectivity index (χ4v) is 4.14. The molecule has 2 nitrogen and oxygen atoms in total. The van der Waals surface area contributed by atoms with E-state index in [9.17, 15) is 0 Å². The highest BCUT2D eigenvalue weighted by Gasteiger charge is 2.38. The maximum Gasteiger partial charge on any atom is 0.113 e. The summed E-state index contributed by atoms with van der Waals surface area (Å²) in [4.78, 5) is 6.23. The van der Waals surface area contributed by atoms with Gasteiger partial charge in [0.1, 0.15) is 5.01 Å². The average Bonchev–Trinajstić information content (AvgIpc) is 2.68. The summed E-state index contributed by atoms with van der Waals surface area (Å²) in [6.07, 6.45) is 6.40. The van der Waals surface area contributed by atoms with Crippen molar-refractivity contribution in [1.82, 2.24) is 10.3 Å². The summed E-state index contributed by atoms with van der Waals surface area (Å²) in [6, 6.07) is 0. The maximum absolute atomic E-state index is 4.85. The molecular formula is C15H26N2S. The Bertz CT molecular complexity index is 380. The second kappa shape index (κ2) is 5.70. The topological polar surface area (TPSA) is 24.9 Å². The van der Waals surface area contributed by atoms with E-state index in [1.807, 2.05) is 11.3 Å². The van der Waals surface area contributed by atoms with Gasteiger partial charge in [0.05, 0.1) is 11.2 Å². The molecule has 1 aliphatic carbocycles. The quantitative estimate of drug-likeness (QED) is 0.885. The molecule has 1 fully saturated rings. The first kappa shape index (κ1) is 14.0. The van der Waals surface area contributed by atoms with E-state index in [0.717, 1.165) is 12.5 Å². The molecule has 0 aromatic carbocycles. The molecule has 0 bridgehead atoms. The molecule has 18 heavy (non-hydrogen) atoms. The lowest BCUT2D eigenvalue weighted by atomic mass is 9.76. The Morgan fingerprint density at radius 2 is 2.22 bits per heavy atom. The first-order valence-corrected chi connectivity index (χ1v) is 8.08. The van der Waals surface area contributed by atoms with Gasteiger partial charge in [-0.25, -0.2) is 4.98 Å². The molecule has 2 rings (SSSR count). The first-order chi connectivity index (χ1) is 8.57. The van der Waals surface area contributed by atoms with Crippen molar-refractivity contribution >= 4 is 11.3 Å². The number of rotatable bonds is 4. The van der Waals surface area contributed by atoms with E-state index in [1.54, 1.807) is 0 Å². The van der Waals surface area contributed by atoms with Crippen LogP contribution in [-0.2, 0) is 5.54 Å². The highest BCUT2D eigenvalue weighted by molar-refractivity contribution is 7.11. The zero-order valence-electron chi connectivity index (χ0n) is 12.2. The lowest BCUT2D eigenvalue weighted by Gasteiger charge is -2.39. The third kappa shape index (κ3) is 2.77. The Morgan fingerprint density at radius 3 is 2.78 bits per heavy atom. The zero-order chi connectivity index (χ0) is 13.2. The molecule has 0 saturated heterocycles. The molecule has 1 heterocycles. The van der Waals surface area contributed by atoms with Crippen molar-refractivity contribution in [1.29, 1.82) is 0 Å². The molecule has 2 unspecified atom stereocenters. The van der Waals surface area contributed by atoms with Crippen LogP contribution in [0.5, 0.6) is 0 Å². The Kier molecular flexibility index (Phi) is 4.44.